The minimum atomic E-state index is 0.631. The van der Waals surface area contributed by atoms with Gasteiger partial charge in [-0.05, 0) is 24.0 Å². The lowest BCUT2D eigenvalue weighted by molar-refractivity contribution is 0.0444. The van der Waals surface area contributed by atoms with Crippen LogP contribution in [-0.4, -0.2) is 7.05 Å². The molecule has 15 heavy (non-hydrogen) atoms. The first-order valence-electron chi connectivity index (χ1n) is 5.73. The Morgan fingerprint density at radius 1 is 1.07 bits per heavy atom. The fourth-order valence-electron chi connectivity index (χ4n) is 1.54. The van der Waals surface area contributed by atoms with Crippen LogP contribution in [-0.2, 0) is 17.9 Å². The average Bonchev–Trinajstić information content (AvgIpc) is 2.28. The summed E-state index contributed by atoms with van der Waals surface area (Å²) < 4.78 is 0. The van der Waals surface area contributed by atoms with Crippen molar-refractivity contribution in [3.63, 3.8) is 0 Å². The van der Waals surface area contributed by atoms with Gasteiger partial charge >= 0.3 is 0 Å². The van der Waals surface area contributed by atoms with E-state index in [1.54, 1.807) is 7.05 Å². The molecular weight excluding hydrogens is 186 g/mol. The monoisotopic (exact) mass is 207 g/mol. The van der Waals surface area contributed by atoms with Crippen LogP contribution in [0.1, 0.15) is 37.3 Å². The molecule has 1 aromatic carbocycles. The Morgan fingerprint density at radius 3 is 2.33 bits per heavy atom. The van der Waals surface area contributed by atoms with Crippen molar-refractivity contribution >= 4 is 0 Å². The van der Waals surface area contributed by atoms with E-state index < -0.39 is 0 Å². The van der Waals surface area contributed by atoms with Crippen molar-refractivity contribution in [3.8, 4) is 0 Å². The van der Waals surface area contributed by atoms with E-state index in [1.807, 2.05) is 0 Å². The minimum Gasteiger partial charge on any atom is -0.297 e. The Balaban J connectivity index is 2.35. The highest BCUT2D eigenvalue weighted by Crippen LogP contribution is 2.09. The summed E-state index contributed by atoms with van der Waals surface area (Å²) in [5, 5.41) is 0. The minimum absolute atomic E-state index is 0.631. The van der Waals surface area contributed by atoms with E-state index in [0.717, 1.165) is 0 Å². The van der Waals surface area contributed by atoms with Gasteiger partial charge in [0, 0.05) is 7.05 Å². The molecule has 1 aromatic rings. The molecule has 0 radical (unpaired) electrons. The molecule has 0 fully saturated rings. The second kappa shape index (κ2) is 7.43. The van der Waals surface area contributed by atoms with Crippen LogP contribution in [0.15, 0.2) is 24.3 Å². The summed E-state index contributed by atoms with van der Waals surface area (Å²) in [6, 6.07) is 8.67. The summed E-state index contributed by atoms with van der Waals surface area (Å²) in [5.74, 6) is 0. The van der Waals surface area contributed by atoms with Gasteiger partial charge in [-0.2, -0.15) is 0 Å². The highest BCUT2D eigenvalue weighted by atomic mass is 16.6. The van der Waals surface area contributed by atoms with Crippen molar-refractivity contribution in [3.05, 3.63) is 35.4 Å². The first-order valence-corrected chi connectivity index (χ1v) is 5.73. The van der Waals surface area contributed by atoms with E-state index >= 15 is 0 Å². The van der Waals surface area contributed by atoms with E-state index in [2.05, 4.69) is 36.7 Å². The maximum absolute atomic E-state index is 5.11. The zero-order valence-corrected chi connectivity index (χ0v) is 9.75. The van der Waals surface area contributed by atoms with Gasteiger partial charge in [-0.3, -0.25) is 4.84 Å². The normalized spacial score (nSPS) is 10.5. The average molecular weight is 207 g/mol. The number of hydrogen-bond acceptors (Lipinski definition) is 2. The largest absolute Gasteiger partial charge is 0.297 e. The fourth-order valence-corrected chi connectivity index (χ4v) is 1.54. The van der Waals surface area contributed by atoms with E-state index in [1.165, 1.54) is 36.8 Å². The maximum Gasteiger partial charge on any atom is 0.0932 e. The van der Waals surface area contributed by atoms with Crippen LogP contribution >= 0.6 is 0 Å². The third kappa shape index (κ3) is 4.96. The Bertz CT molecular complexity index is 256. The van der Waals surface area contributed by atoms with Gasteiger partial charge in [-0.25, -0.2) is 5.48 Å². The van der Waals surface area contributed by atoms with Crippen LogP contribution in [0.4, 0.5) is 0 Å². The Kier molecular flexibility index (Phi) is 6.05. The summed E-state index contributed by atoms with van der Waals surface area (Å²) in [6.45, 7) is 2.87. The standard InChI is InChI=1S/C13H21NO/c1-3-4-5-6-12-7-9-13(10-8-12)11-15-14-2/h7-10,14H,3-6,11H2,1-2H3. The first-order chi connectivity index (χ1) is 7.36. The van der Waals surface area contributed by atoms with Gasteiger partial charge in [0.1, 0.15) is 0 Å². The molecular formula is C13H21NO. The van der Waals surface area contributed by atoms with E-state index in [4.69, 9.17) is 4.84 Å². The molecule has 0 bridgehead atoms. The van der Waals surface area contributed by atoms with Gasteiger partial charge in [-0.1, -0.05) is 44.0 Å². The van der Waals surface area contributed by atoms with Crippen molar-refractivity contribution in [1.82, 2.24) is 5.48 Å². The summed E-state index contributed by atoms with van der Waals surface area (Å²) in [7, 11) is 1.78. The summed E-state index contributed by atoms with van der Waals surface area (Å²) in [5.41, 5.74) is 5.31. The van der Waals surface area contributed by atoms with Gasteiger partial charge in [0.2, 0.25) is 0 Å². The second-order valence-corrected chi connectivity index (χ2v) is 3.77. The van der Waals surface area contributed by atoms with Crippen molar-refractivity contribution in [2.45, 2.75) is 39.2 Å². The van der Waals surface area contributed by atoms with Crippen molar-refractivity contribution in [2.24, 2.45) is 0 Å². The molecule has 0 spiro atoms. The van der Waals surface area contributed by atoms with Gasteiger partial charge < -0.3 is 0 Å². The number of nitrogens with one attached hydrogen (secondary N) is 1. The Labute approximate surface area is 92.6 Å². The van der Waals surface area contributed by atoms with E-state index in [0.29, 0.717) is 6.61 Å². The molecule has 0 aliphatic heterocycles. The number of aryl methyl sites for hydroxylation is 1. The van der Waals surface area contributed by atoms with Gasteiger partial charge in [-0.15, -0.1) is 0 Å². The lowest BCUT2D eigenvalue weighted by atomic mass is 10.1. The highest BCUT2D eigenvalue weighted by molar-refractivity contribution is 5.22. The van der Waals surface area contributed by atoms with Crippen molar-refractivity contribution in [2.75, 3.05) is 7.05 Å². The predicted octanol–water partition coefficient (Wildman–Crippen LogP) is 3.07. The quantitative estimate of drug-likeness (QED) is 0.548. The van der Waals surface area contributed by atoms with Crippen molar-refractivity contribution < 1.29 is 4.84 Å². The number of rotatable bonds is 7. The molecule has 0 amide bonds. The number of unbranched alkanes of at least 4 members (excludes halogenated alkanes) is 2. The van der Waals surface area contributed by atoms with Crippen molar-refractivity contribution in [1.29, 1.82) is 0 Å². The zero-order chi connectivity index (χ0) is 10.9. The second-order valence-electron chi connectivity index (χ2n) is 3.77. The molecule has 0 saturated heterocycles. The molecule has 0 aliphatic carbocycles. The summed E-state index contributed by atoms with van der Waals surface area (Å²) >= 11 is 0. The maximum atomic E-state index is 5.11. The summed E-state index contributed by atoms with van der Waals surface area (Å²) in [4.78, 5) is 5.11. The molecule has 0 unspecified atom stereocenters. The molecule has 1 N–H and O–H groups in total. The number of hydroxylamine groups is 1. The van der Waals surface area contributed by atoms with Crippen LogP contribution in [0, 0.1) is 0 Å². The lowest BCUT2D eigenvalue weighted by Gasteiger charge is -2.04. The smallest absolute Gasteiger partial charge is 0.0932 e. The Hall–Kier alpha value is -0.860. The highest BCUT2D eigenvalue weighted by Gasteiger charge is 1.95. The molecule has 1 rings (SSSR count). The zero-order valence-electron chi connectivity index (χ0n) is 9.75. The van der Waals surface area contributed by atoms with Gasteiger partial charge in [0.05, 0.1) is 6.61 Å². The number of benzene rings is 1. The van der Waals surface area contributed by atoms with Crippen LogP contribution in [0.2, 0.25) is 0 Å². The van der Waals surface area contributed by atoms with Gasteiger partial charge in [0.15, 0.2) is 0 Å². The Morgan fingerprint density at radius 2 is 1.73 bits per heavy atom. The fraction of sp³-hybridized carbons (Fsp3) is 0.538. The van der Waals surface area contributed by atoms with Crippen LogP contribution in [0.25, 0.3) is 0 Å². The number of hydrogen-bond donors (Lipinski definition) is 1. The van der Waals surface area contributed by atoms with Crippen LogP contribution < -0.4 is 5.48 Å². The van der Waals surface area contributed by atoms with E-state index in [-0.39, 0.29) is 0 Å². The molecule has 2 nitrogen and oxygen atoms in total. The molecule has 0 heterocycles. The van der Waals surface area contributed by atoms with E-state index in [9.17, 15) is 0 Å². The van der Waals surface area contributed by atoms with Gasteiger partial charge in [0.25, 0.3) is 0 Å². The molecule has 0 atom stereocenters. The molecule has 0 aromatic heterocycles. The molecule has 0 saturated carbocycles. The third-order valence-electron chi connectivity index (χ3n) is 2.48. The lowest BCUT2D eigenvalue weighted by Crippen LogP contribution is -2.06. The predicted molar refractivity (Wildman–Crippen MR) is 63.5 cm³/mol. The topological polar surface area (TPSA) is 21.3 Å². The first kappa shape index (κ1) is 12.2. The molecule has 84 valence electrons. The molecule has 0 aliphatic rings. The van der Waals surface area contributed by atoms with Crippen LogP contribution in [0.5, 0.6) is 0 Å². The SMILES string of the molecule is CCCCCc1ccc(CONC)cc1. The summed E-state index contributed by atoms with van der Waals surface area (Å²) in [6.07, 6.45) is 5.10. The molecule has 2 heteroatoms. The third-order valence-corrected chi connectivity index (χ3v) is 2.48. The van der Waals surface area contributed by atoms with Crippen LogP contribution in [0.3, 0.4) is 0 Å².